The highest BCUT2D eigenvalue weighted by Crippen LogP contribution is 2.50. The molecule has 22 heavy (non-hydrogen) atoms. The van der Waals surface area contributed by atoms with Crippen LogP contribution in [0, 0.1) is 5.82 Å². The molecule has 2 aromatic rings. The Balaban J connectivity index is 1.96. The molecular weight excluding hydrogens is 316 g/mol. The second-order valence-corrected chi connectivity index (χ2v) is 4.86. The first-order chi connectivity index (χ1) is 10.6. The zero-order chi connectivity index (χ0) is 15.9. The SMILES string of the molecule is CCOc1ccc(-c2nc3c(cc2Cl)N3N(F)OC)c(F)c1. The van der Waals surface area contributed by atoms with Crippen LogP contribution < -0.4 is 9.75 Å². The lowest BCUT2D eigenvalue weighted by Gasteiger charge is -2.07. The van der Waals surface area contributed by atoms with Gasteiger partial charge in [0.05, 0.1) is 29.8 Å². The average Bonchev–Trinajstić information content (AvgIpc) is 3.19. The lowest BCUT2D eigenvalue weighted by molar-refractivity contribution is -0.257. The number of hydrogen-bond donors (Lipinski definition) is 0. The first-order valence-corrected chi connectivity index (χ1v) is 6.88. The van der Waals surface area contributed by atoms with Crippen molar-refractivity contribution >= 4 is 23.1 Å². The maximum atomic E-state index is 14.2. The maximum Gasteiger partial charge on any atom is 0.178 e. The zero-order valence-corrected chi connectivity index (χ0v) is 12.6. The van der Waals surface area contributed by atoms with Crippen molar-refractivity contribution in [3.63, 3.8) is 0 Å². The van der Waals surface area contributed by atoms with Crippen molar-refractivity contribution in [3.05, 3.63) is 35.1 Å². The summed E-state index contributed by atoms with van der Waals surface area (Å²) in [7, 11) is 1.17. The molecule has 0 saturated carbocycles. The smallest absolute Gasteiger partial charge is 0.178 e. The van der Waals surface area contributed by atoms with Crippen molar-refractivity contribution in [3.8, 4) is 17.0 Å². The Morgan fingerprint density at radius 1 is 1.36 bits per heavy atom. The number of ether oxygens (including phenoxy) is 1. The molecule has 1 aliphatic rings. The van der Waals surface area contributed by atoms with Crippen molar-refractivity contribution < 1.29 is 18.4 Å². The van der Waals surface area contributed by atoms with Crippen LogP contribution in [-0.4, -0.2) is 24.1 Å². The Morgan fingerprint density at radius 3 is 2.77 bits per heavy atom. The molecule has 1 aromatic carbocycles. The number of halogens is 3. The van der Waals surface area contributed by atoms with Crippen molar-refractivity contribution in [2.75, 3.05) is 18.7 Å². The molecule has 5 nitrogen and oxygen atoms in total. The normalized spacial score (nSPS) is 12.5. The number of aromatic nitrogens is 1. The number of fused-ring (bicyclic) bond motifs is 1. The van der Waals surface area contributed by atoms with Crippen molar-refractivity contribution in [2.45, 2.75) is 6.92 Å². The average molecular weight is 328 g/mol. The van der Waals surface area contributed by atoms with E-state index >= 15 is 0 Å². The molecule has 0 aliphatic carbocycles. The third-order valence-corrected chi connectivity index (χ3v) is 3.42. The minimum absolute atomic E-state index is 0.0202. The van der Waals surface area contributed by atoms with Crippen LogP contribution in [0.1, 0.15) is 6.92 Å². The van der Waals surface area contributed by atoms with E-state index in [2.05, 4.69) is 9.82 Å². The predicted octanol–water partition coefficient (Wildman–Crippen LogP) is 4.05. The lowest BCUT2D eigenvalue weighted by Crippen LogP contribution is -2.20. The minimum atomic E-state index is -0.517. The van der Waals surface area contributed by atoms with Gasteiger partial charge in [-0.2, -0.15) is 5.01 Å². The van der Waals surface area contributed by atoms with Crippen LogP contribution in [0.5, 0.6) is 5.75 Å². The fourth-order valence-corrected chi connectivity index (χ4v) is 2.36. The van der Waals surface area contributed by atoms with Crippen LogP contribution in [0.15, 0.2) is 24.3 Å². The van der Waals surface area contributed by atoms with Gasteiger partial charge in [-0.15, -0.1) is 0 Å². The Bertz CT molecular complexity index is 729. The van der Waals surface area contributed by atoms with Crippen LogP contribution in [0.4, 0.5) is 20.4 Å². The van der Waals surface area contributed by atoms with Gasteiger partial charge in [-0.3, -0.25) is 4.84 Å². The largest absolute Gasteiger partial charge is 0.494 e. The van der Waals surface area contributed by atoms with Gasteiger partial charge in [0, 0.05) is 11.6 Å². The summed E-state index contributed by atoms with van der Waals surface area (Å²) in [6.45, 7) is 2.25. The highest BCUT2D eigenvalue weighted by Gasteiger charge is 2.39. The molecule has 0 bridgehead atoms. The summed E-state index contributed by atoms with van der Waals surface area (Å²) in [6, 6.07) is 5.91. The van der Waals surface area contributed by atoms with E-state index in [0.29, 0.717) is 23.9 Å². The lowest BCUT2D eigenvalue weighted by atomic mass is 10.1. The number of hydrazine groups is 1. The molecule has 0 unspecified atom stereocenters. The standard InChI is InChI=1S/C14H12ClF2N3O2/c1-3-22-8-4-5-9(11(16)6-8)13-10(15)7-12-14(18-13)19(12)20(17)21-2/h4-7H,3H2,1-2H3. The molecule has 0 atom stereocenters. The third kappa shape index (κ3) is 2.47. The fourth-order valence-electron chi connectivity index (χ4n) is 2.11. The summed E-state index contributed by atoms with van der Waals surface area (Å²) in [5.41, 5.74) is 0.906. The molecule has 3 rings (SSSR count). The van der Waals surface area contributed by atoms with E-state index in [-0.39, 0.29) is 21.7 Å². The molecule has 0 N–H and O–H groups in total. The van der Waals surface area contributed by atoms with E-state index in [1.54, 1.807) is 6.07 Å². The van der Waals surface area contributed by atoms with Gasteiger partial charge in [0.15, 0.2) is 5.82 Å². The topological polar surface area (TPSA) is 37.6 Å². The predicted molar refractivity (Wildman–Crippen MR) is 77.9 cm³/mol. The molecule has 8 heteroatoms. The molecule has 116 valence electrons. The van der Waals surface area contributed by atoms with Crippen molar-refractivity contribution in [2.24, 2.45) is 0 Å². The summed E-state index contributed by atoms with van der Waals surface area (Å²) in [5.74, 6) is 0.218. The summed E-state index contributed by atoms with van der Waals surface area (Å²) in [5, 5.41) is 1.31. The van der Waals surface area contributed by atoms with Crippen LogP contribution >= 0.6 is 11.6 Å². The molecule has 0 radical (unpaired) electrons. The zero-order valence-electron chi connectivity index (χ0n) is 11.8. The molecule has 0 fully saturated rings. The summed E-state index contributed by atoms with van der Waals surface area (Å²) >= 11 is 6.11. The Labute approximate surface area is 130 Å². The molecule has 0 spiro atoms. The van der Waals surface area contributed by atoms with Crippen LogP contribution in [0.3, 0.4) is 0 Å². The number of nitrogens with zero attached hydrogens (tertiary/aromatic N) is 3. The van der Waals surface area contributed by atoms with E-state index in [4.69, 9.17) is 16.3 Å². The Morgan fingerprint density at radius 2 is 2.14 bits per heavy atom. The second kappa shape index (κ2) is 5.68. The second-order valence-electron chi connectivity index (χ2n) is 4.46. The van der Waals surface area contributed by atoms with Crippen molar-refractivity contribution in [1.29, 1.82) is 0 Å². The molecule has 0 saturated heterocycles. The van der Waals surface area contributed by atoms with Crippen LogP contribution in [-0.2, 0) is 4.84 Å². The number of anilines is 2. The van der Waals surface area contributed by atoms with Crippen LogP contribution in [0.25, 0.3) is 11.3 Å². The fraction of sp³-hybridized carbons (Fsp3) is 0.214. The van der Waals surface area contributed by atoms with Gasteiger partial charge in [-0.05, 0) is 25.1 Å². The first-order valence-electron chi connectivity index (χ1n) is 6.50. The highest BCUT2D eigenvalue weighted by atomic mass is 35.5. The maximum absolute atomic E-state index is 14.2. The van der Waals surface area contributed by atoms with Gasteiger partial charge in [0.1, 0.15) is 17.3 Å². The summed E-state index contributed by atoms with van der Waals surface area (Å²) in [6.07, 6.45) is 0. The number of pyridine rings is 1. The molecular formula is C14H12ClF2N3O2. The van der Waals surface area contributed by atoms with Gasteiger partial charge in [-0.25, -0.2) is 9.37 Å². The van der Waals surface area contributed by atoms with Gasteiger partial charge < -0.3 is 4.74 Å². The molecule has 0 amide bonds. The van der Waals surface area contributed by atoms with E-state index < -0.39 is 5.82 Å². The van der Waals surface area contributed by atoms with Crippen molar-refractivity contribution in [1.82, 2.24) is 10.4 Å². The van der Waals surface area contributed by atoms with E-state index in [0.717, 1.165) is 5.01 Å². The highest BCUT2D eigenvalue weighted by molar-refractivity contribution is 6.33. The Hall–Kier alpha value is -1.96. The Kier molecular flexibility index (Phi) is 3.86. The quantitative estimate of drug-likeness (QED) is 0.470. The van der Waals surface area contributed by atoms with E-state index in [1.807, 2.05) is 6.92 Å². The van der Waals surface area contributed by atoms with Gasteiger partial charge in [0.2, 0.25) is 0 Å². The minimum Gasteiger partial charge on any atom is -0.494 e. The number of rotatable bonds is 5. The molecule has 1 aromatic heterocycles. The monoisotopic (exact) mass is 327 g/mol. The molecule has 2 heterocycles. The van der Waals surface area contributed by atoms with Crippen LogP contribution in [0.2, 0.25) is 5.02 Å². The van der Waals surface area contributed by atoms with Gasteiger partial charge >= 0.3 is 0 Å². The first kappa shape index (κ1) is 15.0. The summed E-state index contributed by atoms with van der Waals surface area (Å²) < 4.78 is 32.8. The molecule has 1 aliphatic heterocycles. The van der Waals surface area contributed by atoms with Gasteiger partial charge in [-0.1, -0.05) is 16.1 Å². The van der Waals surface area contributed by atoms with Gasteiger partial charge in [0.25, 0.3) is 0 Å². The van der Waals surface area contributed by atoms with E-state index in [9.17, 15) is 8.87 Å². The van der Waals surface area contributed by atoms with E-state index in [1.165, 1.54) is 25.3 Å². The number of hydrogen-bond acceptors (Lipinski definition) is 5. The third-order valence-electron chi connectivity index (χ3n) is 3.13. The number of benzene rings is 1. The summed E-state index contributed by atoms with van der Waals surface area (Å²) in [4.78, 5) is 8.60.